The van der Waals surface area contributed by atoms with Crippen molar-refractivity contribution in [1.29, 1.82) is 5.26 Å². The van der Waals surface area contributed by atoms with E-state index in [2.05, 4.69) is 19.9 Å². The number of rotatable bonds is 1. The van der Waals surface area contributed by atoms with Crippen LogP contribution in [0, 0.1) is 16.7 Å². The van der Waals surface area contributed by atoms with Gasteiger partial charge in [-0.2, -0.15) is 5.26 Å². The van der Waals surface area contributed by atoms with Gasteiger partial charge in [0.05, 0.1) is 24.7 Å². The highest BCUT2D eigenvalue weighted by Gasteiger charge is 2.63. The summed E-state index contributed by atoms with van der Waals surface area (Å²) >= 11 is 0. The van der Waals surface area contributed by atoms with E-state index in [1.54, 1.807) is 0 Å². The summed E-state index contributed by atoms with van der Waals surface area (Å²) in [5.41, 5.74) is 0.762. The Hall–Kier alpha value is -1.69. The minimum Gasteiger partial charge on any atom is -0.490 e. The standard InChI is InChI=1S/C15H17NO2/c1-14(2)9-15(14,10-16)11-4-5-12-13(8-11)18-7-3-6-17-12/h4-5,8H,3,6-7,9H2,1-2H3. The van der Waals surface area contributed by atoms with Crippen molar-refractivity contribution >= 4 is 0 Å². The number of hydrogen-bond donors (Lipinski definition) is 0. The van der Waals surface area contributed by atoms with Crippen molar-refractivity contribution in [1.82, 2.24) is 0 Å². The lowest BCUT2D eigenvalue weighted by Gasteiger charge is -2.15. The van der Waals surface area contributed by atoms with Gasteiger partial charge in [-0.15, -0.1) is 0 Å². The smallest absolute Gasteiger partial charge is 0.161 e. The average molecular weight is 243 g/mol. The second kappa shape index (κ2) is 3.65. The summed E-state index contributed by atoms with van der Waals surface area (Å²) in [6.45, 7) is 5.65. The van der Waals surface area contributed by atoms with Gasteiger partial charge in [0.25, 0.3) is 0 Å². The van der Waals surface area contributed by atoms with Gasteiger partial charge in [-0.3, -0.25) is 0 Å². The van der Waals surface area contributed by atoms with Crippen LogP contribution >= 0.6 is 0 Å². The molecule has 18 heavy (non-hydrogen) atoms. The topological polar surface area (TPSA) is 42.2 Å². The molecule has 2 aliphatic rings. The summed E-state index contributed by atoms with van der Waals surface area (Å²) in [5.74, 6) is 1.57. The summed E-state index contributed by atoms with van der Waals surface area (Å²) in [5, 5.41) is 9.48. The molecule has 1 unspecified atom stereocenters. The fourth-order valence-corrected chi connectivity index (χ4v) is 2.80. The predicted octanol–water partition coefficient (Wildman–Crippen LogP) is 3.04. The molecular formula is C15H17NO2. The fourth-order valence-electron chi connectivity index (χ4n) is 2.80. The minimum atomic E-state index is -0.350. The van der Waals surface area contributed by atoms with Gasteiger partial charge < -0.3 is 9.47 Å². The predicted molar refractivity (Wildman–Crippen MR) is 67.7 cm³/mol. The molecule has 94 valence electrons. The van der Waals surface area contributed by atoms with E-state index in [4.69, 9.17) is 9.47 Å². The fraction of sp³-hybridized carbons (Fsp3) is 0.533. The molecule has 1 aliphatic carbocycles. The summed E-state index contributed by atoms with van der Waals surface area (Å²) in [6.07, 6.45) is 1.81. The third-order valence-electron chi connectivity index (χ3n) is 4.17. The normalized spacial score (nSPS) is 28.1. The van der Waals surface area contributed by atoms with Crippen molar-refractivity contribution in [3.05, 3.63) is 23.8 Å². The summed E-state index contributed by atoms with van der Waals surface area (Å²) < 4.78 is 11.3. The summed E-state index contributed by atoms with van der Waals surface area (Å²) in [4.78, 5) is 0. The molecule has 0 spiro atoms. The molecule has 1 aromatic rings. The first-order valence-corrected chi connectivity index (χ1v) is 6.40. The lowest BCUT2D eigenvalue weighted by molar-refractivity contribution is 0.297. The molecule has 0 bridgehead atoms. The number of benzene rings is 1. The molecule has 0 radical (unpaired) electrons. The molecule has 0 saturated heterocycles. The number of ether oxygens (including phenoxy) is 2. The second-order valence-corrected chi connectivity index (χ2v) is 5.79. The number of nitriles is 1. The first kappa shape index (κ1) is 11.4. The van der Waals surface area contributed by atoms with Crippen LogP contribution in [0.25, 0.3) is 0 Å². The maximum Gasteiger partial charge on any atom is 0.161 e. The Morgan fingerprint density at radius 2 is 1.83 bits per heavy atom. The third kappa shape index (κ3) is 1.49. The van der Waals surface area contributed by atoms with Crippen molar-refractivity contribution in [3.8, 4) is 17.6 Å². The van der Waals surface area contributed by atoms with E-state index in [0.717, 1.165) is 29.9 Å². The number of hydrogen-bond acceptors (Lipinski definition) is 3. The van der Waals surface area contributed by atoms with Gasteiger partial charge >= 0.3 is 0 Å². The van der Waals surface area contributed by atoms with Crippen LogP contribution in [0.2, 0.25) is 0 Å². The SMILES string of the molecule is CC1(C)CC1(C#N)c1ccc2c(c1)OCCCO2. The zero-order chi connectivity index (χ0) is 12.8. The van der Waals surface area contributed by atoms with Gasteiger partial charge in [0.15, 0.2) is 11.5 Å². The highest BCUT2D eigenvalue weighted by molar-refractivity contribution is 5.52. The van der Waals surface area contributed by atoms with Crippen LogP contribution in [-0.2, 0) is 5.41 Å². The lowest BCUT2D eigenvalue weighted by Crippen LogP contribution is -2.11. The van der Waals surface area contributed by atoms with Crippen LogP contribution in [0.15, 0.2) is 18.2 Å². The number of fused-ring (bicyclic) bond motifs is 1. The van der Waals surface area contributed by atoms with Crippen molar-refractivity contribution in [3.63, 3.8) is 0 Å². The molecule has 1 atom stereocenters. The highest BCUT2D eigenvalue weighted by atomic mass is 16.5. The first-order valence-electron chi connectivity index (χ1n) is 6.40. The van der Waals surface area contributed by atoms with Crippen LogP contribution in [0.3, 0.4) is 0 Å². The van der Waals surface area contributed by atoms with Gasteiger partial charge in [0.2, 0.25) is 0 Å². The molecule has 0 amide bonds. The Bertz CT molecular complexity index is 530. The van der Waals surface area contributed by atoms with Crippen LogP contribution in [0.5, 0.6) is 11.5 Å². The molecule has 0 aromatic heterocycles. The van der Waals surface area contributed by atoms with Crippen LogP contribution in [0.1, 0.15) is 32.3 Å². The minimum absolute atomic E-state index is 0.0571. The zero-order valence-electron chi connectivity index (χ0n) is 10.8. The lowest BCUT2D eigenvalue weighted by atomic mass is 9.89. The monoisotopic (exact) mass is 243 g/mol. The quantitative estimate of drug-likeness (QED) is 0.761. The van der Waals surface area contributed by atoms with Gasteiger partial charge in [0.1, 0.15) is 0 Å². The van der Waals surface area contributed by atoms with Gasteiger partial charge in [-0.1, -0.05) is 19.9 Å². The summed E-state index contributed by atoms with van der Waals surface area (Å²) in [7, 11) is 0. The van der Waals surface area contributed by atoms with Crippen molar-refractivity contribution in [2.45, 2.75) is 32.1 Å². The van der Waals surface area contributed by atoms with Crippen LogP contribution in [0.4, 0.5) is 0 Å². The Morgan fingerprint density at radius 3 is 2.44 bits per heavy atom. The molecular weight excluding hydrogens is 226 g/mol. The van der Waals surface area contributed by atoms with E-state index in [1.165, 1.54) is 0 Å². The molecule has 1 fully saturated rings. The molecule has 1 saturated carbocycles. The van der Waals surface area contributed by atoms with Crippen molar-refractivity contribution < 1.29 is 9.47 Å². The van der Waals surface area contributed by atoms with E-state index < -0.39 is 0 Å². The Kier molecular flexibility index (Phi) is 2.31. The van der Waals surface area contributed by atoms with E-state index in [9.17, 15) is 5.26 Å². The first-order chi connectivity index (χ1) is 8.59. The molecule has 1 aromatic carbocycles. The van der Waals surface area contributed by atoms with Crippen LogP contribution in [-0.4, -0.2) is 13.2 Å². The molecule has 3 heteroatoms. The average Bonchev–Trinajstić information content (AvgIpc) is 3.00. The second-order valence-electron chi connectivity index (χ2n) is 5.79. The molecule has 1 aliphatic heterocycles. The maximum absolute atomic E-state index is 9.48. The molecule has 3 nitrogen and oxygen atoms in total. The third-order valence-corrected chi connectivity index (χ3v) is 4.17. The van der Waals surface area contributed by atoms with E-state index >= 15 is 0 Å². The van der Waals surface area contributed by atoms with Crippen LogP contribution < -0.4 is 9.47 Å². The molecule has 1 heterocycles. The Balaban J connectivity index is 2.01. The zero-order valence-corrected chi connectivity index (χ0v) is 10.8. The highest BCUT2D eigenvalue weighted by Crippen LogP contribution is 2.64. The Morgan fingerprint density at radius 1 is 1.17 bits per heavy atom. The van der Waals surface area contributed by atoms with Gasteiger partial charge in [-0.25, -0.2) is 0 Å². The van der Waals surface area contributed by atoms with Crippen molar-refractivity contribution in [2.24, 2.45) is 5.41 Å². The van der Waals surface area contributed by atoms with Crippen molar-refractivity contribution in [2.75, 3.05) is 13.2 Å². The van der Waals surface area contributed by atoms with E-state index in [0.29, 0.717) is 13.2 Å². The van der Waals surface area contributed by atoms with E-state index in [-0.39, 0.29) is 10.8 Å². The number of nitrogens with zero attached hydrogens (tertiary/aromatic N) is 1. The molecule has 3 rings (SSSR count). The largest absolute Gasteiger partial charge is 0.490 e. The summed E-state index contributed by atoms with van der Waals surface area (Å²) in [6, 6.07) is 8.41. The van der Waals surface area contributed by atoms with Gasteiger partial charge in [0, 0.05) is 6.42 Å². The molecule has 0 N–H and O–H groups in total. The van der Waals surface area contributed by atoms with E-state index in [1.807, 2.05) is 18.2 Å². The maximum atomic E-state index is 9.48. The van der Waals surface area contributed by atoms with Gasteiger partial charge in [-0.05, 0) is 29.5 Å². The Labute approximate surface area is 107 Å².